The lowest BCUT2D eigenvalue weighted by Gasteiger charge is -2.08. The fourth-order valence-corrected chi connectivity index (χ4v) is 0.139. The third-order valence-electron chi connectivity index (χ3n) is 0.271. The van der Waals surface area contributed by atoms with Crippen LogP contribution in [-0.2, 0) is 22.1 Å². The van der Waals surface area contributed by atoms with E-state index in [4.69, 9.17) is 0 Å². The van der Waals surface area contributed by atoms with Crippen molar-refractivity contribution in [3.05, 3.63) is 0 Å². The standard InChI is InChI=1S/C2H3F3O2S/c3-2(4,5)1-6-7-8/h8H,1H2/p-1. The molecule has 0 aromatic rings. The molecule has 0 spiro atoms. The van der Waals surface area contributed by atoms with Crippen molar-refractivity contribution < 1.29 is 22.4 Å². The van der Waals surface area contributed by atoms with Gasteiger partial charge in [0.25, 0.3) is 0 Å². The Kier molecular flexibility index (Phi) is 3.18. The van der Waals surface area contributed by atoms with Crippen LogP contribution in [-0.4, -0.2) is 12.8 Å². The monoisotopic (exact) mass is 147 g/mol. The molecule has 0 atom stereocenters. The first-order chi connectivity index (χ1) is 3.56. The van der Waals surface area contributed by atoms with E-state index in [1.165, 1.54) is 0 Å². The summed E-state index contributed by atoms with van der Waals surface area (Å²) in [5, 5.41) is 0. The van der Waals surface area contributed by atoms with E-state index < -0.39 is 12.8 Å². The van der Waals surface area contributed by atoms with Gasteiger partial charge in [0.1, 0.15) is 0 Å². The Morgan fingerprint density at radius 2 is 1.88 bits per heavy atom. The lowest BCUT2D eigenvalue weighted by molar-refractivity contribution is -0.274. The highest BCUT2D eigenvalue weighted by Crippen LogP contribution is 2.13. The Bertz CT molecular complexity index is 62.8. The SMILES string of the molecule is FC(F)(F)COO[S-]. The molecule has 8 heavy (non-hydrogen) atoms. The van der Waals surface area contributed by atoms with Crippen molar-refractivity contribution in [3.63, 3.8) is 0 Å². The lowest BCUT2D eigenvalue weighted by atomic mass is 10.7. The zero-order chi connectivity index (χ0) is 6.62. The van der Waals surface area contributed by atoms with Crippen molar-refractivity contribution in [1.82, 2.24) is 0 Å². The highest BCUT2D eigenvalue weighted by Gasteiger charge is 2.27. The molecule has 0 aliphatic carbocycles. The largest absolute Gasteiger partial charge is 0.582 e. The fourth-order valence-electron chi connectivity index (χ4n) is 0.0909. The maximum Gasteiger partial charge on any atom is 0.414 e. The van der Waals surface area contributed by atoms with Gasteiger partial charge in [-0.3, -0.25) is 4.89 Å². The van der Waals surface area contributed by atoms with Crippen molar-refractivity contribution in [2.75, 3.05) is 6.61 Å². The average Bonchev–Trinajstić information content (AvgIpc) is 1.59. The van der Waals surface area contributed by atoms with E-state index in [-0.39, 0.29) is 0 Å². The van der Waals surface area contributed by atoms with Gasteiger partial charge in [0.15, 0.2) is 6.61 Å². The second-order valence-corrected chi connectivity index (χ2v) is 1.08. The molecule has 0 aromatic heterocycles. The normalized spacial score (nSPS) is 12.0. The minimum Gasteiger partial charge on any atom is -0.582 e. The lowest BCUT2D eigenvalue weighted by Crippen LogP contribution is -2.15. The van der Waals surface area contributed by atoms with E-state index in [1.54, 1.807) is 0 Å². The molecule has 0 amide bonds. The molecule has 0 aliphatic rings. The number of hydrogen-bond donors (Lipinski definition) is 0. The first-order valence-corrected chi connectivity index (χ1v) is 1.88. The summed E-state index contributed by atoms with van der Waals surface area (Å²) in [6, 6.07) is 0. The van der Waals surface area contributed by atoms with Gasteiger partial charge in [0.05, 0.1) is 0 Å². The van der Waals surface area contributed by atoms with Gasteiger partial charge in [-0.15, -0.1) is 0 Å². The van der Waals surface area contributed by atoms with Gasteiger partial charge < -0.3 is 17.2 Å². The summed E-state index contributed by atoms with van der Waals surface area (Å²) in [6.07, 6.45) is -4.36. The van der Waals surface area contributed by atoms with Gasteiger partial charge >= 0.3 is 6.18 Å². The second-order valence-electron chi connectivity index (χ2n) is 0.945. The van der Waals surface area contributed by atoms with Crippen LogP contribution in [0.3, 0.4) is 0 Å². The Labute approximate surface area is 49.1 Å². The highest BCUT2D eigenvalue weighted by atomic mass is 32.1. The number of hydrogen-bond acceptors (Lipinski definition) is 3. The van der Waals surface area contributed by atoms with Crippen LogP contribution >= 0.6 is 0 Å². The summed E-state index contributed by atoms with van der Waals surface area (Å²) in [5.41, 5.74) is 0. The smallest absolute Gasteiger partial charge is 0.414 e. The zero-order valence-electron chi connectivity index (χ0n) is 3.57. The molecule has 0 fully saturated rings. The zero-order valence-corrected chi connectivity index (χ0v) is 4.38. The first kappa shape index (κ1) is 8.06. The molecular formula is C2H2F3O2S-. The van der Waals surface area contributed by atoms with Crippen LogP contribution in [0.1, 0.15) is 0 Å². The Morgan fingerprint density at radius 3 is 2.00 bits per heavy atom. The van der Waals surface area contributed by atoms with Gasteiger partial charge in [-0.05, 0) is 0 Å². The molecule has 0 bridgehead atoms. The van der Waals surface area contributed by atoms with Crippen molar-refractivity contribution in [2.45, 2.75) is 6.18 Å². The minimum absolute atomic E-state index is 1.46. The Balaban J connectivity index is 3.11. The molecule has 0 aromatic carbocycles. The third kappa shape index (κ3) is 6.06. The van der Waals surface area contributed by atoms with Gasteiger partial charge in [-0.25, -0.2) is 0 Å². The van der Waals surface area contributed by atoms with Crippen LogP contribution in [0.15, 0.2) is 0 Å². The summed E-state index contributed by atoms with van der Waals surface area (Å²) in [7, 11) is 0. The van der Waals surface area contributed by atoms with Crippen LogP contribution in [0.4, 0.5) is 13.2 Å². The van der Waals surface area contributed by atoms with E-state index in [1.807, 2.05) is 0 Å². The Hall–Kier alpha value is 0.0600. The molecule has 6 heteroatoms. The summed E-state index contributed by atoms with van der Waals surface area (Å²) in [5.74, 6) is 0. The number of rotatable bonds is 2. The molecule has 0 saturated heterocycles. The molecule has 0 saturated carbocycles. The van der Waals surface area contributed by atoms with Crippen LogP contribution in [0.25, 0.3) is 0 Å². The Morgan fingerprint density at radius 1 is 1.38 bits per heavy atom. The maximum absolute atomic E-state index is 11.0. The molecule has 2 nitrogen and oxygen atoms in total. The van der Waals surface area contributed by atoms with E-state index in [9.17, 15) is 13.2 Å². The van der Waals surface area contributed by atoms with Gasteiger partial charge in [0.2, 0.25) is 0 Å². The van der Waals surface area contributed by atoms with E-state index in [0.717, 1.165) is 0 Å². The molecule has 50 valence electrons. The minimum atomic E-state index is -4.36. The van der Waals surface area contributed by atoms with Crippen molar-refractivity contribution in [1.29, 1.82) is 0 Å². The summed E-state index contributed by atoms with van der Waals surface area (Å²) >= 11 is 3.60. The third-order valence-corrected chi connectivity index (χ3v) is 0.367. The summed E-state index contributed by atoms with van der Waals surface area (Å²) < 4.78 is 36.3. The van der Waals surface area contributed by atoms with Crippen LogP contribution in [0.2, 0.25) is 0 Å². The predicted octanol–water partition coefficient (Wildman–Crippen LogP) is 0.959. The maximum atomic E-state index is 11.0. The molecule has 0 aliphatic heterocycles. The molecular weight excluding hydrogens is 145 g/mol. The van der Waals surface area contributed by atoms with Crippen molar-refractivity contribution in [2.24, 2.45) is 0 Å². The molecule has 0 radical (unpaired) electrons. The summed E-state index contributed by atoms with van der Waals surface area (Å²) in [6.45, 7) is -1.46. The number of alkyl halides is 3. The quantitative estimate of drug-likeness (QED) is 0.329. The van der Waals surface area contributed by atoms with Gasteiger partial charge in [-0.2, -0.15) is 13.2 Å². The van der Waals surface area contributed by atoms with Crippen molar-refractivity contribution in [3.8, 4) is 0 Å². The van der Waals surface area contributed by atoms with E-state index in [0.29, 0.717) is 0 Å². The molecule has 0 rings (SSSR count). The number of halogens is 3. The summed E-state index contributed by atoms with van der Waals surface area (Å²) in [4.78, 5) is 3.39. The van der Waals surface area contributed by atoms with Crippen LogP contribution < -0.4 is 0 Å². The van der Waals surface area contributed by atoms with Crippen LogP contribution in [0.5, 0.6) is 0 Å². The first-order valence-electron chi connectivity index (χ1n) is 1.54. The highest BCUT2D eigenvalue weighted by molar-refractivity contribution is 7.52. The van der Waals surface area contributed by atoms with E-state index in [2.05, 4.69) is 22.1 Å². The van der Waals surface area contributed by atoms with E-state index >= 15 is 0 Å². The topological polar surface area (TPSA) is 18.5 Å². The second kappa shape index (κ2) is 3.16. The van der Waals surface area contributed by atoms with Crippen LogP contribution in [0, 0.1) is 0 Å². The molecule has 0 N–H and O–H groups in total. The van der Waals surface area contributed by atoms with Gasteiger partial charge in [-0.1, -0.05) is 0 Å². The van der Waals surface area contributed by atoms with Gasteiger partial charge in [0, 0.05) is 0 Å². The molecule has 0 unspecified atom stereocenters. The van der Waals surface area contributed by atoms with Crippen molar-refractivity contribution >= 4 is 12.9 Å². The predicted molar refractivity (Wildman–Crippen MR) is 20.5 cm³/mol. The average molecular weight is 147 g/mol. The molecule has 0 heterocycles. The fraction of sp³-hybridized carbons (Fsp3) is 1.00.